The van der Waals surface area contributed by atoms with Crippen molar-refractivity contribution in [1.82, 2.24) is 4.98 Å². The van der Waals surface area contributed by atoms with Crippen LogP contribution in [-0.4, -0.2) is 16.1 Å². The fraction of sp³-hybridized carbons (Fsp3) is 0.0909. The number of hydrogen-bond donors (Lipinski definition) is 2. The molecular formula is C11H10N2O2S. The number of carboxylic acid groups (broad SMARTS) is 1. The van der Waals surface area contributed by atoms with Crippen molar-refractivity contribution >= 4 is 22.3 Å². The number of benzene rings is 1. The van der Waals surface area contributed by atoms with Gasteiger partial charge in [-0.05, 0) is 0 Å². The molecule has 0 unspecified atom stereocenters. The molecule has 1 aromatic heterocycles. The zero-order valence-corrected chi connectivity index (χ0v) is 9.20. The van der Waals surface area contributed by atoms with Crippen molar-refractivity contribution in [2.45, 2.75) is 6.42 Å². The molecule has 3 N–H and O–H groups in total. The number of carboxylic acids is 1. The second kappa shape index (κ2) is 4.32. The summed E-state index contributed by atoms with van der Waals surface area (Å²) in [6, 6.07) is 9.57. The summed E-state index contributed by atoms with van der Waals surface area (Å²) in [5.41, 5.74) is 7.12. The molecule has 82 valence electrons. The maximum atomic E-state index is 10.6. The van der Waals surface area contributed by atoms with Gasteiger partial charge in [-0.15, -0.1) is 0 Å². The van der Waals surface area contributed by atoms with E-state index < -0.39 is 5.97 Å². The molecule has 4 nitrogen and oxygen atoms in total. The SMILES string of the molecule is Nc1sc(-c2ccccc2)nc1CC(=O)O. The molecule has 0 amide bonds. The number of thiazole rings is 1. The predicted molar refractivity (Wildman–Crippen MR) is 63.3 cm³/mol. The van der Waals surface area contributed by atoms with Gasteiger partial charge >= 0.3 is 5.97 Å². The molecule has 2 rings (SSSR count). The van der Waals surface area contributed by atoms with Crippen molar-refractivity contribution in [3.8, 4) is 10.6 Å². The Labute approximate surface area is 96.4 Å². The van der Waals surface area contributed by atoms with Gasteiger partial charge in [-0.3, -0.25) is 4.79 Å². The van der Waals surface area contributed by atoms with Crippen molar-refractivity contribution in [3.63, 3.8) is 0 Å². The average Bonchev–Trinajstić information content (AvgIpc) is 2.61. The molecule has 16 heavy (non-hydrogen) atoms. The molecule has 1 aromatic carbocycles. The standard InChI is InChI=1S/C11H10N2O2S/c12-10-8(6-9(14)15)13-11(16-10)7-4-2-1-3-5-7/h1-5H,6,12H2,(H,14,15). The van der Waals surface area contributed by atoms with Crippen molar-refractivity contribution in [3.05, 3.63) is 36.0 Å². The predicted octanol–water partition coefficient (Wildman–Crippen LogP) is 2.02. The molecule has 0 saturated carbocycles. The summed E-state index contributed by atoms with van der Waals surface area (Å²) in [5, 5.41) is 9.91. The lowest BCUT2D eigenvalue weighted by atomic mass is 10.2. The van der Waals surface area contributed by atoms with Crippen LogP contribution in [-0.2, 0) is 11.2 Å². The maximum Gasteiger partial charge on any atom is 0.309 e. The largest absolute Gasteiger partial charge is 0.481 e. The second-order valence-electron chi connectivity index (χ2n) is 3.27. The molecular weight excluding hydrogens is 224 g/mol. The van der Waals surface area contributed by atoms with Gasteiger partial charge in [0.05, 0.1) is 12.1 Å². The average molecular weight is 234 g/mol. The van der Waals surface area contributed by atoms with Gasteiger partial charge in [0, 0.05) is 5.56 Å². The van der Waals surface area contributed by atoms with E-state index in [9.17, 15) is 4.79 Å². The van der Waals surface area contributed by atoms with Crippen LogP contribution in [0, 0.1) is 0 Å². The first-order valence-corrected chi connectivity index (χ1v) is 5.51. The van der Waals surface area contributed by atoms with E-state index in [-0.39, 0.29) is 6.42 Å². The van der Waals surface area contributed by atoms with Crippen molar-refractivity contribution < 1.29 is 9.90 Å². The third-order valence-electron chi connectivity index (χ3n) is 2.07. The number of nitrogens with two attached hydrogens (primary N) is 1. The Hall–Kier alpha value is -1.88. The van der Waals surface area contributed by atoms with E-state index in [4.69, 9.17) is 10.8 Å². The van der Waals surface area contributed by atoms with E-state index in [1.165, 1.54) is 11.3 Å². The van der Waals surface area contributed by atoms with Gasteiger partial charge in [0.2, 0.25) is 0 Å². The molecule has 0 radical (unpaired) electrons. The number of rotatable bonds is 3. The molecule has 1 heterocycles. The molecule has 0 bridgehead atoms. The van der Waals surface area contributed by atoms with E-state index in [0.717, 1.165) is 10.6 Å². The molecule has 0 aliphatic heterocycles. The van der Waals surface area contributed by atoms with Gasteiger partial charge in [-0.1, -0.05) is 41.7 Å². The minimum Gasteiger partial charge on any atom is -0.481 e. The Morgan fingerprint density at radius 1 is 1.38 bits per heavy atom. The third kappa shape index (κ3) is 2.20. The van der Waals surface area contributed by atoms with Crippen LogP contribution >= 0.6 is 11.3 Å². The highest BCUT2D eigenvalue weighted by atomic mass is 32.1. The normalized spacial score (nSPS) is 10.2. The van der Waals surface area contributed by atoms with Crippen molar-refractivity contribution in [1.29, 1.82) is 0 Å². The fourth-order valence-corrected chi connectivity index (χ4v) is 2.19. The number of aliphatic carboxylic acids is 1. The quantitative estimate of drug-likeness (QED) is 0.851. The van der Waals surface area contributed by atoms with Crippen LogP contribution in [0.3, 0.4) is 0 Å². The zero-order chi connectivity index (χ0) is 11.5. The van der Waals surface area contributed by atoms with E-state index >= 15 is 0 Å². The highest BCUT2D eigenvalue weighted by molar-refractivity contribution is 7.18. The highest BCUT2D eigenvalue weighted by Crippen LogP contribution is 2.29. The smallest absolute Gasteiger partial charge is 0.309 e. The molecule has 0 aliphatic carbocycles. The van der Waals surface area contributed by atoms with E-state index in [1.54, 1.807) is 0 Å². The summed E-state index contributed by atoms with van der Waals surface area (Å²) in [5.74, 6) is -0.920. The minimum atomic E-state index is -0.920. The molecule has 2 aromatic rings. The van der Waals surface area contributed by atoms with Gasteiger partial charge in [-0.2, -0.15) is 0 Å². The molecule has 0 fully saturated rings. The van der Waals surface area contributed by atoms with Crippen LogP contribution in [0.4, 0.5) is 5.00 Å². The van der Waals surface area contributed by atoms with Crippen LogP contribution in [0.2, 0.25) is 0 Å². The first-order chi connectivity index (χ1) is 7.66. The number of nitrogens with zero attached hydrogens (tertiary/aromatic N) is 1. The van der Waals surface area contributed by atoms with Gasteiger partial charge in [0.25, 0.3) is 0 Å². The lowest BCUT2D eigenvalue weighted by molar-refractivity contribution is -0.136. The summed E-state index contributed by atoms with van der Waals surface area (Å²) in [7, 11) is 0. The Balaban J connectivity index is 2.34. The van der Waals surface area contributed by atoms with Crippen molar-refractivity contribution in [2.24, 2.45) is 0 Å². The summed E-state index contributed by atoms with van der Waals surface area (Å²) in [4.78, 5) is 14.8. The fourth-order valence-electron chi connectivity index (χ4n) is 1.34. The topological polar surface area (TPSA) is 76.2 Å². The lowest BCUT2D eigenvalue weighted by Gasteiger charge is -1.93. The summed E-state index contributed by atoms with van der Waals surface area (Å²) in [6.07, 6.45) is -0.130. The summed E-state index contributed by atoms with van der Waals surface area (Å²) in [6.45, 7) is 0. The Morgan fingerprint density at radius 3 is 2.69 bits per heavy atom. The molecule has 0 atom stereocenters. The number of nitrogen functional groups attached to an aromatic ring is 1. The third-order valence-corrected chi connectivity index (χ3v) is 3.04. The number of anilines is 1. The molecule has 0 aliphatic rings. The van der Waals surface area contributed by atoms with Crippen LogP contribution in [0.5, 0.6) is 0 Å². The second-order valence-corrected chi connectivity index (χ2v) is 4.30. The minimum absolute atomic E-state index is 0.130. The lowest BCUT2D eigenvalue weighted by Crippen LogP contribution is -2.02. The first-order valence-electron chi connectivity index (χ1n) is 4.69. The number of aromatic nitrogens is 1. The summed E-state index contributed by atoms with van der Waals surface area (Å²) < 4.78 is 0. The van der Waals surface area contributed by atoms with E-state index in [1.807, 2.05) is 30.3 Å². The maximum absolute atomic E-state index is 10.6. The number of hydrogen-bond acceptors (Lipinski definition) is 4. The van der Waals surface area contributed by atoms with Gasteiger partial charge in [0.15, 0.2) is 0 Å². The molecule has 0 saturated heterocycles. The Kier molecular flexibility index (Phi) is 2.87. The van der Waals surface area contributed by atoms with Gasteiger partial charge < -0.3 is 10.8 Å². The Morgan fingerprint density at radius 2 is 2.06 bits per heavy atom. The molecule has 5 heteroatoms. The van der Waals surface area contributed by atoms with E-state index in [0.29, 0.717) is 10.7 Å². The van der Waals surface area contributed by atoms with Crippen LogP contribution in [0.15, 0.2) is 30.3 Å². The van der Waals surface area contributed by atoms with Crippen LogP contribution in [0.25, 0.3) is 10.6 Å². The first kappa shape index (κ1) is 10.6. The van der Waals surface area contributed by atoms with Gasteiger partial charge in [0.1, 0.15) is 10.0 Å². The van der Waals surface area contributed by atoms with E-state index in [2.05, 4.69) is 4.98 Å². The van der Waals surface area contributed by atoms with Crippen LogP contribution < -0.4 is 5.73 Å². The number of carbonyl (C=O) groups is 1. The van der Waals surface area contributed by atoms with Gasteiger partial charge in [-0.25, -0.2) is 4.98 Å². The molecule has 0 spiro atoms. The highest BCUT2D eigenvalue weighted by Gasteiger charge is 2.12. The van der Waals surface area contributed by atoms with Crippen LogP contribution in [0.1, 0.15) is 5.69 Å². The monoisotopic (exact) mass is 234 g/mol. The summed E-state index contributed by atoms with van der Waals surface area (Å²) >= 11 is 1.31. The van der Waals surface area contributed by atoms with Crippen molar-refractivity contribution in [2.75, 3.05) is 5.73 Å². The Bertz CT molecular complexity index is 508. The zero-order valence-electron chi connectivity index (χ0n) is 8.38.